The molecule has 0 aromatic rings. The Kier molecular flexibility index (Phi) is 5.65. The molecule has 1 N–H and O–H groups in total. The van der Waals surface area contributed by atoms with Crippen molar-refractivity contribution < 1.29 is 0 Å². The molecule has 1 aliphatic rings. The van der Waals surface area contributed by atoms with Crippen molar-refractivity contribution in [2.75, 3.05) is 13.6 Å². The lowest BCUT2D eigenvalue weighted by Crippen LogP contribution is -2.31. The summed E-state index contributed by atoms with van der Waals surface area (Å²) in [5.74, 6) is 1.95. The molecule has 0 aliphatic heterocycles. The SMILES string of the molecule is CCNC(=NC)C1CCCCCCC1. The van der Waals surface area contributed by atoms with E-state index in [9.17, 15) is 0 Å². The molecule has 0 radical (unpaired) electrons. The standard InChI is InChI=1S/C12H24N2/c1-3-14-12(13-2)11-9-7-5-4-6-8-10-11/h11H,3-10H2,1-2H3,(H,13,14). The number of rotatable bonds is 2. The van der Waals surface area contributed by atoms with Crippen LogP contribution < -0.4 is 5.32 Å². The lowest BCUT2D eigenvalue weighted by molar-refractivity contribution is 0.445. The van der Waals surface area contributed by atoms with Gasteiger partial charge in [-0.05, 0) is 19.8 Å². The average molecular weight is 196 g/mol. The van der Waals surface area contributed by atoms with Crippen molar-refractivity contribution in [2.24, 2.45) is 10.9 Å². The van der Waals surface area contributed by atoms with Gasteiger partial charge in [0.15, 0.2) is 0 Å². The van der Waals surface area contributed by atoms with Crippen LogP contribution in [0.3, 0.4) is 0 Å². The van der Waals surface area contributed by atoms with Crippen molar-refractivity contribution in [3.63, 3.8) is 0 Å². The normalized spacial score (nSPS) is 21.4. The first-order chi connectivity index (χ1) is 6.88. The zero-order valence-electron chi connectivity index (χ0n) is 9.68. The molecular weight excluding hydrogens is 172 g/mol. The molecular formula is C12H24N2. The second-order valence-electron chi connectivity index (χ2n) is 4.18. The van der Waals surface area contributed by atoms with E-state index in [-0.39, 0.29) is 0 Å². The third kappa shape index (κ3) is 3.69. The minimum atomic E-state index is 0.709. The maximum Gasteiger partial charge on any atom is 0.0990 e. The molecule has 1 rings (SSSR count). The van der Waals surface area contributed by atoms with Crippen molar-refractivity contribution in [3.05, 3.63) is 0 Å². The highest BCUT2D eigenvalue weighted by molar-refractivity contribution is 5.84. The minimum Gasteiger partial charge on any atom is -0.374 e. The minimum absolute atomic E-state index is 0.709. The van der Waals surface area contributed by atoms with Gasteiger partial charge in [0, 0.05) is 19.5 Å². The number of aliphatic imine (C=N–C) groups is 1. The summed E-state index contributed by atoms with van der Waals surface area (Å²) in [4.78, 5) is 4.38. The van der Waals surface area contributed by atoms with Gasteiger partial charge in [0.2, 0.25) is 0 Å². The molecule has 0 saturated heterocycles. The highest BCUT2D eigenvalue weighted by atomic mass is 15.0. The number of nitrogens with zero attached hydrogens (tertiary/aromatic N) is 1. The lowest BCUT2D eigenvalue weighted by atomic mass is 9.90. The smallest absolute Gasteiger partial charge is 0.0990 e. The first kappa shape index (κ1) is 11.5. The van der Waals surface area contributed by atoms with Gasteiger partial charge in [-0.25, -0.2) is 0 Å². The van der Waals surface area contributed by atoms with E-state index < -0.39 is 0 Å². The third-order valence-electron chi connectivity index (χ3n) is 3.09. The van der Waals surface area contributed by atoms with E-state index >= 15 is 0 Å². The molecule has 0 aromatic carbocycles. The second kappa shape index (κ2) is 6.86. The molecule has 2 heteroatoms. The zero-order valence-corrected chi connectivity index (χ0v) is 9.68. The van der Waals surface area contributed by atoms with Gasteiger partial charge in [0.05, 0.1) is 5.84 Å². The van der Waals surface area contributed by atoms with Crippen LogP contribution >= 0.6 is 0 Å². The van der Waals surface area contributed by atoms with Crippen LogP contribution in [0.5, 0.6) is 0 Å². The molecule has 2 nitrogen and oxygen atoms in total. The second-order valence-corrected chi connectivity index (χ2v) is 4.18. The topological polar surface area (TPSA) is 24.4 Å². The quantitative estimate of drug-likeness (QED) is 0.533. The summed E-state index contributed by atoms with van der Waals surface area (Å²) in [5.41, 5.74) is 0. The summed E-state index contributed by atoms with van der Waals surface area (Å²) in [5, 5.41) is 3.40. The molecule has 1 aliphatic carbocycles. The van der Waals surface area contributed by atoms with Crippen molar-refractivity contribution in [1.82, 2.24) is 5.32 Å². The third-order valence-corrected chi connectivity index (χ3v) is 3.09. The van der Waals surface area contributed by atoms with Crippen LogP contribution in [0.2, 0.25) is 0 Å². The molecule has 0 unspecified atom stereocenters. The van der Waals surface area contributed by atoms with Gasteiger partial charge in [-0.3, -0.25) is 4.99 Å². The Morgan fingerprint density at radius 1 is 1.14 bits per heavy atom. The van der Waals surface area contributed by atoms with E-state index in [1.807, 2.05) is 7.05 Å². The van der Waals surface area contributed by atoms with Crippen molar-refractivity contribution in [1.29, 1.82) is 0 Å². The van der Waals surface area contributed by atoms with Gasteiger partial charge in [0.1, 0.15) is 0 Å². The van der Waals surface area contributed by atoms with Gasteiger partial charge in [-0.1, -0.05) is 32.1 Å². The molecule has 82 valence electrons. The van der Waals surface area contributed by atoms with Crippen LogP contribution in [-0.4, -0.2) is 19.4 Å². The Hall–Kier alpha value is -0.530. The van der Waals surface area contributed by atoms with Crippen LogP contribution in [0.15, 0.2) is 4.99 Å². The van der Waals surface area contributed by atoms with Gasteiger partial charge < -0.3 is 5.32 Å². The Balaban J connectivity index is 2.44. The fourth-order valence-corrected chi connectivity index (χ4v) is 2.32. The lowest BCUT2D eigenvalue weighted by Gasteiger charge is -2.21. The highest BCUT2D eigenvalue weighted by Gasteiger charge is 2.15. The summed E-state index contributed by atoms with van der Waals surface area (Å²) < 4.78 is 0. The first-order valence-corrected chi connectivity index (χ1v) is 6.09. The molecule has 1 saturated carbocycles. The molecule has 0 atom stereocenters. The van der Waals surface area contributed by atoms with E-state index in [2.05, 4.69) is 17.2 Å². The monoisotopic (exact) mass is 196 g/mol. The largest absolute Gasteiger partial charge is 0.374 e. The fourth-order valence-electron chi connectivity index (χ4n) is 2.32. The van der Waals surface area contributed by atoms with Crippen LogP contribution in [-0.2, 0) is 0 Å². The number of amidine groups is 1. The van der Waals surface area contributed by atoms with E-state index in [0.29, 0.717) is 5.92 Å². The van der Waals surface area contributed by atoms with E-state index in [1.54, 1.807) is 0 Å². The Morgan fingerprint density at radius 2 is 1.71 bits per heavy atom. The molecule has 0 spiro atoms. The maximum atomic E-state index is 4.38. The Bertz CT molecular complexity index is 167. The number of hydrogen-bond acceptors (Lipinski definition) is 1. The summed E-state index contributed by atoms with van der Waals surface area (Å²) in [6.45, 7) is 3.15. The van der Waals surface area contributed by atoms with Gasteiger partial charge >= 0.3 is 0 Å². The fraction of sp³-hybridized carbons (Fsp3) is 0.917. The molecule has 0 amide bonds. The Morgan fingerprint density at radius 3 is 2.21 bits per heavy atom. The van der Waals surface area contributed by atoms with Gasteiger partial charge in [-0.15, -0.1) is 0 Å². The van der Waals surface area contributed by atoms with Crippen molar-refractivity contribution in [2.45, 2.75) is 51.9 Å². The van der Waals surface area contributed by atoms with Crippen molar-refractivity contribution >= 4 is 5.84 Å². The molecule has 14 heavy (non-hydrogen) atoms. The summed E-state index contributed by atoms with van der Waals surface area (Å²) in [6.07, 6.45) is 9.70. The van der Waals surface area contributed by atoms with Crippen molar-refractivity contribution in [3.8, 4) is 0 Å². The summed E-state index contributed by atoms with van der Waals surface area (Å²) in [6, 6.07) is 0. The van der Waals surface area contributed by atoms with E-state index in [4.69, 9.17) is 0 Å². The van der Waals surface area contributed by atoms with E-state index in [1.165, 1.54) is 50.8 Å². The predicted octanol–water partition coefficient (Wildman–Crippen LogP) is 2.98. The van der Waals surface area contributed by atoms with Crippen LogP contribution in [0.25, 0.3) is 0 Å². The predicted molar refractivity (Wildman–Crippen MR) is 62.8 cm³/mol. The molecule has 1 fully saturated rings. The van der Waals surface area contributed by atoms with Gasteiger partial charge in [-0.2, -0.15) is 0 Å². The van der Waals surface area contributed by atoms with Crippen LogP contribution in [0, 0.1) is 5.92 Å². The van der Waals surface area contributed by atoms with Gasteiger partial charge in [0.25, 0.3) is 0 Å². The molecule has 0 heterocycles. The molecule has 0 aromatic heterocycles. The Labute approximate surface area is 88.2 Å². The maximum absolute atomic E-state index is 4.38. The van der Waals surface area contributed by atoms with Crippen LogP contribution in [0.4, 0.5) is 0 Å². The summed E-state index contributed by atoms with van der Waals surface area (Å²) in [7, 11) is 1.91. The average Bonchev–Trinajstić information content (AvgIpc) is 2.15. The zero-order chi connectivity index (χ0) is 10.2. The summed E-state index contributed by atoms with van der Waals surface area (Å²) >= 11 is 0. The van der Waals surface area contributed by atoms with Crippen LogP contribution in [0.1, 0.15) is 51.9 Å². The first-order valence-electron chi connectivity index (χ1n) is 6.09. The molecule has 0 bridgehead atoms. The number of nitrogens with one attached hydrogen (secondary N) is 1. The highest BCUT2D eigenvalue weighted by Crippen LogP contribution is 2.22. The van der Waals surface area contributed by atoms with E-state index in [0.717, 1.165) is 6.54 Å². The number of hydrogen-bond donors (Lipinski definition) is 1.